The number of fused-ring (bicyclic) bond motifs is 5. The molecule has 184 valence electrons. The highest BCUT2D eigenvalue weighted by Gasteiger charge is 2.64. The molecule has 0 bridgehead atoms. The lowest BCUT2D eigenvalue weighted by Gasteiger charge is -2.62. The quantitative estimate of drug-likeness (QED) is 0.470. The van der Waals surface area contributed by atoms with E-state index in [-0.39, 0.29) is 53.5 Å². The number of rotatable bonds is 5. The van der Waals surface area contributed by atoms with Gasteiger partial charge in [-0.3, -0.25) is 0 Å². The summed E-state index contributed by atoms with van der Waals surface area (Å²) in [5, 5.41) is 42.3. The standard InChI is InChI=1S/C28H48O4/c1-16(18(3)15-29)6-7-17(2)22-14-25(32)26-20-13-24(31)23-12-19(30)8-10-27(23,4)21(20)9-11-28(22,26)5/h6-7,16-26,29-32H,8-15H2,1-5H3/b7-6+/t16-,17-,18-,19+,20-,21+,22-,23-,24+,25-,26-,27-,28-/m1/s1. The summed E-state index contributed by atoms with van der Waals surface area (Å²) in [4.78, 5) is 0. The summed E-state index contributed by atoms with van der Waals surface area (Å²) in [6, 6.07) is 0. The summed E-state index contributed by atoms with van der Waals surface area (Å²) in [5.74, 6) is 2.84. The smallest absolute Gasteiger partial charge is 0.0579 e. The van der Waals surface area contributed by atoms with Crippen molar-refractivity contribution in [1.29, 1.82) is 0 Å². The Morgan fingerprint density at radius 1 is 0.844 bits per heavy atom. The van der Waals surface area contributed by atoms with E-state index in [1.807, 2.05) is 0 Å². The maximum atomic E-state index is 11.4. The third-order valence-electron chi connectivity index (χ3n) is 11.2. The van der Waals surface area contributed by atoms with E-state index in [2.05, 4.69) is 46.8 Å². The molecule has 4 saturated carbocycles. The summed E-state index contributed by atoms with van der Waals surface area (Å²) < 4.78 is 0. The van der Waals surface area contributed by atoms with Gasteiger partial charge in [0.15, 0.2) is 0 Å². The molecule has 13 atom stereocenters. The average molecular weight is 449 g/mol. The molecule has 0 unspecified atom stereocenters. The molecule has 32 heavy (non-hydrogen) atoms. The fraction of sp³-hybridized carbons (Fsp3) is 0.929. The fourth-order valence-corrected chi connectivity index (χ4v) is 9.05. The van der Waals surface area contributed by atoms with Crippen LogP contribution in [0.25, 0.3) is 0 Å². The van der Waals surface area contributed by atoms with E-state index in [9.17, 15) is 20.4 Å². The van der Waals surface area contributed by atoms with Crippen LogP contribution in [-0.4, -0.2) is 45.3 Å². The molecule has 0 spiro atoms. The molecule has 0 aromatic heterocycles. The van der Waals surface area contributed by atoms with Crippen LogP contribution in [-0.2, 0) is 0 Å². The van der Waals surface area contributed by atoms with Crippen LogP contribution < -0.4 is 0 Å². The van der Waals surface area contributed by atoms with Crippen LogP contribution in [0, 0.1) is 58.2 Å². The average Bonchev–Trinajstić information content (AvgIpc) is 3.03. The van der Waals surface area contributed by atoms with Crippen molar-refractivity contribution in [3.05, 3.63) is 12.2 Å². The zero-order chi connectivity index (χ0) is 23.4. The Labute approximate surface area is 195 Å². The van der Waals surface area contributed by atoms with Crippen molar-refractivity contribution in [2.45, 2.75) is 97.9 Å². The molecular weight excluding hydrogens is 400 g/mol. The molecule has 0 aromatic carbocycles. The van der Waals surface area contributed by atoms with Crippen LogP contribution in [0.4, 0.5) is 0 Å². The van der Waals surface area contributed by atoms with Crippen molar-refractivity contribution in [2.24, 2.45) is 58.2 Å². The molecule has 4 aliphatic carbocycles. The molecule has 0 heterocycles. The summed E-state index contributed by atoms with van der Waals surface area (Å²) in [5.41, 5.74) is 0.190. The van der Waals surface area contributed by atoms with Crippen molar-refractivity contribution in [1.82, 2.24) is 0 Å². The molecule has 0 saturated heterocycles. The molecule has 4 N–H and O–H groups in total. The monoisotopic (exact) mass is 448 g/mol. The van der Waals surface area contributed by atoms with Crippen LogP contribution in [0.2, 0.25) is 0 Å². The van der Waals surface area contributed by atoms with E-state index in [1.54, 1.807) is 0 Å². The van der Waals surface area contributed by atoms with Crippen LogP contribution in [0.1, 0.15) is 79.6 Å². The highest BCUT2D eigenvalue weighted by molar-refractivity contribution is 5.14. The van der Waals surface area contributed by atoms with Crippen molar-refractivity contribution in [3.8, 4) is 0 Å². The van der Waals surface area contributed by atoms with E-state index in [0.29, 0.717) is 29.6 Å². The third kappa shape index (κ3) is 3.91. The topological polar surface area (TPSA) is 80.9 Å². The highest BCUT2D eigenvalue weighted by atomic mass is 16.3. The first-order chi connectivity index (χ1) is 15.0. The first kappa shape index (κ1) is 24.7. The molecule has 4 heteroatoms. The van der Waals surface area contributed by atoms with Gasteiger partial charge in [-0.1, -0.05) is 46.8 Å². The number of aliphatic hydroxyl groups excluding tert-OH is 4. The lowest BCUT2D eigenvalue weighted by atomic mass is 9.43. The number of hydrogen-bond donors (Lipinski definition) is 4. The minimum absolute atomic E-state index is 0.0854. The highest BCUT2D eigenvalue weighted by Crippen LogP contribution is 2.68. The van der Waals surface area contributed by atoms with Gasteiger partial charge in [-0.05, 0) is 103 Å². The van der Waals surface area contributed by atoms with Gasteiger partial charge >= 0.3 is 0 Å². The van der Waals surface area contributed by atoms with E-state index < -0.39 is 0 Å². The molecule has 4 fully saturated rings. The number of allylic oxidation sites excluding steroid dienone is 2. The van der Waals surface area contributed by atoms with Gasteiger partial charge in [-0.15, -0.1) is 0 Å². The Balaban J connectivity index is 1.56. The summed E-state index contributed by atoms with van der Waals surface area (Å²) >= 11 is 0. The van der Waals surface area contributed by atoms with Crippen LogP contribution in [0.3, 0.4) is 0 Å². The Morgan fingerprint density at radius 3 is 2.22 bits per heavy atom. The van der Waals surface area contributed by atoms with Crippen molar-refractivity contribution in [3.63, 3.8) is 0 Å². The maximum Gasteiger partial charge on any atom is 0.0579 e. The molecular formula is C28H48O4. The van der Waals surface area contributed by atoms with Gasteiger partial charge in [0.05, 0.1) is 18.3 Å². The molecule has 0 radical (unpaired) electrons. The molecule has 4 nitrogen and oxygen atoms in total. The molecule has 4 rings (SSSR count). The zero-order valence-corrected chi connectivity index (χ0v) is 21.0. The SMILES string of the molecule is C[C@H](/C=C/[C@@H](C)[C@H]1C[C@@H](O)[C@H]2[C@@H]3C[C@H](O)[C@H]4C[C@@H](O)CC[C@]4(C)[C@H]3CC[C@@]21C)[C@H](C)CO. The minimum atomic E-state index is -0.358. The van der Waals surface area contributed by atoms with Crippen LogP contribution in [0.5, 0.6) is 0 Å². The van der Waals surface area contributed by atoms with Gasteiger partial charge in [0.25, 0.3) is 0 Å². The van der Waals surface area contributed by atoms with E-state index >= 15 is 0 Å². The molecule has 4 aliphatic rings. The normalized spacial score (nSPS) is 51.5. The first-order valence-corrected chi connectivity index (χ1v) is 13.4. The van der Waals surface area contributed by atoms with E-state index in [0.717, 1.165) is 38.5 Å². The summed E-state index contributed by atoms with van der Waals surface area (Å²) in [7, 11) is 0. The van der Waals surface area contributed by atoms with Crippen LogP contribution >= 0.6 is 0 Å². The van der Waals surface area contributed by atoms with Crippen molar-refractivity contribution >= 4 is 0 Å². The van der Waals surface area contributed by atoms with Gasteiger partial charge in [0.1, 0.15) is 0 Å². The second-order valence-corrected chi connectivity index (χ2v) is 12.9. The Morgan fingerprint density at radius 2 is 1.53 bits per heavy atom. The summed E-state index contributed by atoms with van der Waals surface area (Å²) in [6.45, 7) is 11.6. The molecule has 0 amide bonds. The van der Waals surface area contributed by atoms with E-state index in [4.69, 9.17) is 0 Å². The molecule has 0 aromatic rings. The van der Waals surface area contributed by atoms with Crippen molar-refractivity contribution < 1.29 is 20.4 Å². The second kappa shape index (κ2) is 8.98. The van der Waals surface area contributed by atoms with Gasteiger partial charge in [-0.2, -0.15) is 0 Å². The third-order valence-corrected chi connectivity index (χ3v) is 11.2. The fourth-order valence-electron chi connectivity index (χ4n) is 9.05. The van der Waals surface area contributed by atoms with Gasteiger partial charge < -0.3 is 20.4 Å². The second-order valence-electron chi connectivity index (χ2n) is 12.9. The zero-order valence-electron chi connectivity index (χ0n) is 21.0. The van der Waals surface area contributed by atoms with Crippen LogP contribution in [0.15, 0.2) is 12.2 Å². The lowest BCUT2D eigenvalue weighted by Crippen LogP contribution is -2.59. The van der Waals surface area contributed by atoms with E-state index in [1.165, 1.54) is 6.42 Å². The Bertz CT molecular complexity index is 693. The lowest BCUT2D eigenvalue weighted by molar-refractivity contribution is -0.180. The first-order valence-electron chi connectivity index (χ1n) is 13.4. The predicted molar refractivity (Wildman–Crippen MR) is 128 cm³/mol. The molecule has 0 aliphatic heterocycles. The number of hydrogen-bond acceptors (Lipinski definition) is 4. The largest absolute Gasteiger partial charge is 0.396 e. The van der Waals surface area contributed by atoms with Gasteiger partial charge in [-0.25, -0.2) is 0 Å². The minimum Gasteiger partial charge on any atom is -0.396 e. The number of aliphatic hydroxyl groups is 4. The maximum absolute atomic E-state index is 11.4. The van der Waals surface area contributed by atoms with Gasteiger partial charge in [0, 0.05) is 6.61 Å². The Hall–Kier alpha value is -0.420. The predicted octanol–water partition coefficient (Wildman–Crippen LogP) is 4.40. The van der Waals surface area contributed by atoms with Crippen molar-refractivity contribution in [2.75, 3.05) is 6.61 Å². The summed E-state index contributed by atoms with van der Waals surface area (Å²) in [6.07, 6.45) is 10.3. The van der Waals surface area contributed by atoms with Gasteiger partial charge in [0.2, 0.25) is 0 Å². The Kier molecular flexibility index (Phi) is 6.93.